The molecule has 1 N–H and O–H groups in total. The SMILES string of the molecule is Cc1ccc(N2C(=O)C(Cl)=C(Nc3ccc(I)cc3)C2=O)c(C)c1. The zero-order valence-corrected chi connectivity index (χ0v) is 16.0. The van der Waals surface area contributed by atoms with E-state index in [0.717, 1.165) is 19.6 Å². The summed E-state index contributed by atoms with van der Waals surface area (Å²) in [5.41, 5.74) is 3.26. The van der Waals surface area contributed by atoms with Gasteiger partial charge in [0.2, 0.25) is 0 Å². The second-order valence-electron chi connectivity index (χ2n) is 5.56. The second kappa shape index (κ2) is 6.57. The molecule has 6 heteroatoms. The number of carbonyl (C=O) groups excluding carboxylic acids is 2. The largest absolute Gasteiger partial charge is 0.350 e. The molecule has 0 radical (unpaired) electrons. The molecule has 1 aliphatic rings. The van der Waals surface area contributed by atoms with Crippen molar-refractivity contribution in [3.63, 3.8) is 0 Å². The first-order valence-electron chi connectivity index (χ1n) is 7.27. The number of halogens is 2. The molecular weight excluding hydrogens is 439 g/mol. The molecule has 0 bridgehead atoms. The van der Waals surface area contributed by atoms with Gasteiger partial charge in [0, 0.05) is 9.26 Å². The first-order valence-corrected chi connectivity index (χ1v) is 8.72. The Kier molecular flexibility index (Phi) is 4.64. The normalized spacial score (nSPS) is 14.6. The lowest BCUT2D eigenvalue weighted by Crippen LogP contribution is -2.32. The number of nitrogens with zero attached hydrogens (tertiary/aromatic N) is 1. The fourth-order valence-electron chi connectivity index (χ4n) is 2.56. The Bertz CT molecular complexity index is 875. The highest BCUT2D eigenvalue weighted by atomic mass is 127. The third-order valence-electron chi connectivity index (χ3n) is 3.73. The van der Waals surface area contributed by atoms with Crippen LogP contribution in [0.25, 0.3) is 0 Å². The highest BCUT2D eigenvalue weighted by Gasteiger charge is 2.39. The van der Waals surface area contributed by atoms with Crippen molar-refractivity contribution in [2.45, 2.75) is 13.8 Å². The van der Waals surface area contributed by atoms with Crippen molar-refractivity contribution in [2.24, 2.45) is 0 Å². The maximum absolute atomic E-state index is 12.7. The van der Waals surface area contributed by atoms with Gasteiger partial charge in [-0.3, -0.25) is 9.59 Å². The molecule has 1 aliphatic heterocycles. The molecule has 122 valence electrons. The van der Waals surface area contributed by atoms with Gasteiger partial charge in [-0.2, -0.15) is 0 Å². The van der Waals surface area contributed by atoms with E-state index in [2.05, 4.69) is 27.9 Å². The van der Waals surface area contributed by atoms with Crippen LogP contribution in [0.15, 0.2) is 53.2 Å². The van der Waals surface area contributed by atoms with Gasteiger partial charge in [0.05, 0.1) is 5.69 Å². The van der Waals surface area contributed by atoms with Crippen molar-refractivity contribution in [3.8, 4) is 0 Å². The Balaban J connectivity index is 1.94. The number of hydrogen-bond donors (Lipinski definition) is 1. The lowest BCUT2D eigenvalue weighted by atomic mass is 10.1. The molecule has 0 spiro atoms. The number of rotatable bonds is 3. The fraction of sp³-hybridized carbons (Fsp3) is 0.111. The maximum atomic E-state index is 12.7. The number of hydrogen-bond acceptors (Lipinski definition) is 3. The van der Waals surface area contributed by atoms with Crippen LogP contribution < -0.4 is 10.2 Å². The molecular formula is C18H14ClIN2O2. The van der Waals surface area contributed by atoms with Gasteiger partial charge in [-0.25, -0.2) is 4.90 Å². The zero-order chi connectivity index (χ0) is 17.4. The van der Waals surface area contributed by atoms with Crippen molar-refractivity contribution in [2.75, 3.05) is 10.2 Å². The van der Waals surface area contributed by atoms with E-state index < -0.39 is 11.8 Å². The van der Waals surface area contributed by atoms with Gasteiger partial charge in [0.1, 0.15) is 10.7 Å². The molecule has 1 heterocycles. The predicted molar refractivity (Wildman–Crippen MR) is 104 cm³/mol. The van der Waals surface area contributed by atoms with Crippen LogP contribution >= 0.6 is 34.2 Å². The molecule has 4 nitrogen and oxygen atoms in total. The molecule has 2 aromatic rings. The molecule has 0 fully saturated rings. The van der Waals surface area contributed by atoms with E-state index >= 15 is 0 Å². The van der Waals surface area contributed by atoms with Crippen molar-refractivity contribution in [1.82, 2.24) is 0 Å². The molecule has 0 saturated carbocycles. The zero-order valence-electron chi connectivity index (χ0n) is 13.1. The van der Waals surface area contributed by atoms with Crippen LogP contribution in [0.1, 0.15) is 11.1 Å². The third kappa shape index (κ3) is 3.06. The molecule has 2 aromatic carbocycles. The number of benzene rings is 2. The number of anilines is 2. The molecule has 24 heavy (non-hydrogen) atoms. The van der Waals surface area contributed by atoms with Gasteiger partial charge in [-0.15, -0.1) is 0 Å². The monoisotopic (exact) mass is 452 g/mol. The van der Waals surface area contributed by atoms with E-state index in [1.807, 2.05) is 50.2 Å². The number of amides is 2. The van der Waals surface area contributed by atoms with Crippen molar-refractivity contribution in [3.05, 3.63) is 67.9 Å². The summed E-state index contributed by atoms with van der Waals surface area (Å²) in [4.78, 5) is 26.3. The first-order chi connectivity index (χ1) is 11.4. The number of aryl methyl sites for hydroxylation is 2. The second-order valence-corrected chi connectivity index (χ2v) is 7.18. The Hall–Kier alpha value is -1.86. The predicted octanol–water partition coefficient (Wildman–Crippen LogP) is 4.34. The standard InChI is InChI=1S/C18H14ClIN2O2/c1-10-3-8-14(11(2)9-10)22-17(23)15(19)16(18(22)24)21-13-6-4-12(20)5-7-13/h3-9,21H,1-2H3. The smallest absolute Gasteiger partial charge is 0.283 e. The lowest BCUT2D eigenvalue weighted by molar-refractivity contribution is -0.120. The average molecular weight is 453 g/mol. The van der Waals surface area contributed by atoms with Gasteiger partial charge in [-0.05, 0) is 72.3 Å². The van der Waals surface area contributed by atoms with Crippen LogP contribution in [0.2, 0.25) is 0 Å². The average Bonchev–Trinajstić information content (AvgIpc) is 2.74. The van der Waals surface area contributed by atoms with Crippen molar-refractivity contribution >= 4 is 57.4 Å². The highest BCUT2D eigenvalue weighted by Crippen LogP contribution is 2.32. The van der Waals surface area contributed by atoms with Gasteiger partial charge in [0.25, 0.3) is 11.8 Å². The summed E-state index contributed by atoms with van der Waals surface area (Å²) in [7, 11) is 0. The fourth-order valence-corrected chi connectivity index (χ4v) is 3.14. The summed E-state index contributed by atoms with van der Waals surface area (Å²) in [6.45, 7) is 3.82. The summed E-state index contributed by atoms with van der Waals surface area (Å²) in [6.07, 6.45) is 0. The minimum Gasteiger partial charge on any atom is -0.350 e. The molecule has 0 saturated heterocycles. The first kappa shape index (κ1) is 17.0. The van der Waals surface area contributed by atoms with Crippen molar-refractivity contribution in [1.29, 1.82) is 0 Å². The summed E-state index contributed by atoms with van der Waals surface area (Å²) in [5.74, 6) is -0.961. The molecule has 0 aliphatic carbocycles. The minimum absolute atomic E-state index is 0.0986. The Morgan fingerprint density at radius 2 is 1.67 bits per heavy atom. The Labute approximate surface area is 158 Å². The molecule has 2 amide bonds. The summed E-state index contributed by atoms with van der Waals surface area (Å²) < 4.78 is 1.07. The van der Waals surface area contributed by atoms with E-state index in [1.54, 1.807) is 6.07 Å². The van der Waals surface area contributed by atoms with Crippen LogP contribution in [-0.2, 0) is 9.59 Å². The third-order valence-corrected chi connectivity index (χ3v) is 4.80. The van der Waals surface area contributed by atoms with Crippen LogP contribution in [0.3, 0.4) is 0 Å². The molecule has 0 aromatic heterocycles. The number of nitrogens with one attached hydrogen (secondary N) is 1. The van der Waals surface area contributed by atoms with E-state index in [0.29, 0.717) is 11.4 Å². The van der Waals surface area contributed by atoms with E-state index in [9.17, 15) is 9.59 Å². The van der Waals surface area contributed by atoms with Gasteiger partial charge in [-0.1, -0.05) is 29.3 Å². The van der Waals surface area contributed by atoms with E-state index in [-0.39, 0.29) is 10.7 Å². The number of carbonyl (C=O) groups is 2. The Morgan fingerprint density at radius 3 is 2.29 bits per heavy atom. The van der Waals surface area contributed by atoms with Crippen LogP contribution in [-0.4, -0.2) is 11.8 Å². The van der Waals surface area contributed by atoms with Crippen molar-refractivity contribution < 1.29 is 9.59 Å². The van der Waals surface area contributed by atoms with Crippen LogP contribution in [0, 0.1) is 17.4 Å². The topological polar surface area (TPSA) is 49.4 Å². The van der Waals surface area contributed by atoms with E-state index in [4.69, 9.17) is 11.6 Å². The van der Waals surface area contributed by atoms with Crippen LogP contribution in [0.4, 0.5) is 11.4 Å². The van der Waals surface area contributed by atoms with Crippen LogP contribution in [0.5, 0.6) is 0 Å². The summed E-state index contributed by atoms with van der Waals surface area (Å²) in [5, 5.41) is 2.86. The van der Waals surface area contributed by atoms with Gasteiger partial charge >= 0.3 is 0 Å². The Morgan fingerprint density at radius 1 is 1.00 bits per heavy atom. The molecule has 0 unspecified atom stereocenters. The lowest BCUT2D eigenvalue weighted by Gasteiger charge is -2.18. The molecule has 3 rings (SSSR count). The molecule has 0 atom stereocenters. The van der Waals surface area contributed by atoms with Gasteiger partial charge in [0.15, 0.2) is 0 Å². The number of imide groups is 1. The maximum Gasteiger partial charge on any atom is 0.283 e. The minimum atomic E-state index is -0.512. The van der Waals surface area contributed by atoms with E-state index in [1.165, 1.54) is 0 Å². The quantitative estimate of drug-likeness (QED) is 0.557. The summed E-state index contributed by atoms with van der Waals surface area (Å²) >= 11 is 8.33. The van der Waals surface area contributed by atoms with Gasteiger partial charge < -0.3 is 5.32 Å². The summed E-state index contributed by atoms with van der Waals surface area (Å²) in [6, 6.07) is 13.0. The highest BCUT2D eigenvalue weighted by molar-refractivity contribution is 14.1.